The summed E-state index contributed by atoms with van der Waals surface area (Å²) in [7, 11) is 1.90. The van der Waals surface area contributed by atoms with Crippen molar-refractivity contribution in [2.75, 3.05) is 0 Å². The van der Waals surface area contributed by atoms with E-state index < -0.39 is 0 Å². The molecular weight excluding hydrogens is 230 g/mol. The van der Waals surface area contributed by atoms with E-state index in [9.17, 15) is 9.59 Å². The van der Waals surface area contributed by atoms with E-state index in [0.717, 1.165) is 11.4 Å². The Hall–Kier alpha value is -2.30. The lowest BCUT2D eigenvalue weighted by Gasteiger charge is -2.06. The number of carbonyl (C=O) groups is 1. The van der Waals surface area contributed by atoms with Gasteiger partial charge in [-0.1, -0.05) is 0 Å². The SMILES string of the molecule is Cc1cc(=O)c(C(=O)NCc2cccn2C)c[nH]1. The van der Waals surface area contributed by atoms with Crippen molar-refractivity contribution in [1.82, 2.24) is 14.9 Å². The van der Waals surface area contributed by atoms with Crippen molar-refractivity contribution in [3.05, 3.63) is 57.8 Å². The lowest BCUT2D eigenvalue weighted by molar-refractivity contribution is 0.0948. The van der Waals surface area contributed by atoms with Crippen LogP contribution in [0.25, 0.3) is 0 Å². The van der Waals surface area contributed by atoms with E-state index in [4.69, 9.17) is 0 Å². The van der Waals surface area contributed by atoms with Crippen LogP contribution in [0.2, 0.25) is 0 Å². The number of rotatable bonds is 3. The van der Waals surface area contributed by atoms with Crippen molar-refractivity contribution in [3.63, 3.8) is 0 Å². The first-order valence-electron chi connectivity index (χ1n) is 5.65. The molecule has 1 amide bonds. The van der Waals surface area contributed by atoms with E-state index in [0.29, 0.717) is 6.54 Å². The van der Waals surface area contributed by atoms with Crippen LogP contribution in [0.15, 0.2) is 35.4 Å². The Labute approximate surface area is 104 Å². The Morgan fingerprint density at radius 2 is 2.28 bits per heavy atom. The smallest absolute Gasteiger partial charge is 0.257 e. The molecule has 5 nitrogen and oxygen atoms in total. The minimum absolute atomic E-state index is 0.134. The molecule has 2 heterocycles. The van der Waals surface area contributed by atoms with Gasteiger partial charge in [0.1, 0.15) is 5.56 Å². The number of nitrogens with zero attached hydrogens (tertiary/aromatic N) is 1. The summed E-state index contributed by atoms with van der Waals surface area (Å²) in [6.07, 6.45) is 3.35. The lowest BCUT2D eigenvalue weighted by atomic mass is 10.2. The molecular formula is C13H15N3O2. The van der Waals surface area contributed by atoms with Crippen molar-refractivity contribution in [2.45, 2.75) is 13.5 Å². The third kappa shape index (κ3) is 2.51. The van der Waals surface area contributed by atoms with Gasteiger partial charge in [-0.25, -0.2) is 0 Å². The number of aromatic amines is 1. The van der Waals surface area contributed by atoms with Gasteiger partial charge in [-0.05, 0) is 19.1 Å². The van der Waals surface area contributed by atoms with Gasteiger partial charge in [0.2, 0.25) is 0 Å². The first kappa shape index (κ1) is 12.2. The minimum Gasteiger partial charge on any atom is -0.364 e. The number of nitrogens with one attached hydrogen (secondary N) is 2. The second kappa shape index (κ2) is 4.91. The Balaban J connectivity index is 2.09. The van der Waals surface area contributed by atoms with Crippen LogP contribution in [0.3, 0.4) is 0 Å². The van der Waals surface area contributed by atoms with Gasteiger partial charge in [-0.2, -0.15) is 0 Å². The molecule has 0 radical (unpaired) electrons. The number of hydrogen-bond donors (Lipinski definition) is 2. The van der Waals surface area contributed by atoms with E-state index in [1.807, 2.05) is 29.9 Å². The van der Waals surface area contributed by atoms with Gasteiger partial charge in [0.25, 0.3) is 5.91 Å². The maximum absolute atomic E-state index is 11.8. The summed E-state index contributed by atoms with van der Waals surface area (Å²) >= 11 is 0. The molecule has 0 saturated carbocycles. The fourth-order valence-corrected chi connectivity index (χ4v) is 1.70. The number of hydrogen-bond acceptors (Lipinski definition) is 2. The van der Waals surface area contributed by atoms with Crippen LogP contribution in [0.5, 0.6) is 0 Å². The predicted octanol–water partition coefficient (Wildman–Crippen LogP) is 0.952. The monoisotopic (exact) mass is 245 g/mol. The maximum Gasteiger partial charge on any atom is 0.257 e. The molecule has 94 valence electrons. The van der Waals surface area contributed by atoms with Crippen LogP contribution >= 0.6 is 0 Å². The molecule has 0 aliphatic heterocycles. The number of carbonyl (C=O) groups excluding carboxylic acids is 1. The van der Waals surface area contributed by atoms with Gasteiger partial charge in [0, 0.05) is 36.9 Å². The Morgan fingerprint density at radius 3 is 2.89 bits per heavy atom. The maximum atomic E-state index is 11.8. The molecule has 2 aromatic rings. The number of pyridine rings is 1. The highest BCUT2D eigenvalue weighted by Gasteiger charge is 2.10. The lowest BCUT2D eigenvalue weighted by Crippen LogP contribution is -2.28. The molecule has 2 aromatic heterocycles. The second-order valence-corrected chi connectivity index (χ2v) is 4.19. The fourth-order valence-electron chi connectivity index (χ4n) is 1.70. The Bertz CT molecular complexity index is 625. The zero-order valence-corrected chi connectivity index (χ0v) is 10.4. The number of aromatic nitrogens is 2. The molecule has 0 bridgehead atoms. The standard InChI is InChI=1S/C13H15N3O2/c1-9-6-12(17)11(8-14-9)13(18)15-7-10-4-3-5-16(10)2/h3-6,8H,7H2,1-2H3,(H,14,17)(H,15,18). The molecule has 18 heavy (non-hydrogen) atoms. The van der Waals surface area contributed by atoms with Gasteiger partial charge in [0.05, 0.1) is 6.54 Å². The van der Waals surface area contributed by atoms with E-state index in [-0.39, 0.29) is 16.9 Å². The molecule has 0 aliphatic carbocycles. The molecule has 2 N–H and O–H groups in total. The summed E-state index contributed by atoms with van der Waals surface area (Å²) < 4.78 is 1.92. The van der Waals surface area contributed by atoms with Crippen LogP contribution in [-0.2, 0) is 13.6 Å². The van der Waals surface area contributed by atoms with E-state index in [1.165, 1.54) is 12.3 Å². The van der Waals surface area contributed by atoms with Crippen molar-refractivity contribution in [3.8, 4) is 0 Å². The van der Waals surface area contributed by atoms with E-state index >= 15 is 0 Å². The average Bonchev–Trinajstić information content (AvgIpc) is 2.72. The van der Waals surface area contributed by atoms with Crippen molar-refractivity contribution in [2.24, 2.45) is 7.05 Å². The molecule has 0 saturated heterocycles. The zero-order valence-electron chi connectivity index (χ0n) is 10.4. The Kier molecular flexibility index (Phi) is 3.32. The van der Waals surface area contributed by atoms with Crippen LogP contribution in [-0.4, -0.2) is 15.5 Å². The zero-order chi connectivity index (χ0) is 13.1. The largest absolute Gasteiger partial charge is 0.364 e. The predicted molar refractivity (Wildman–Crippen MR) is 68.4 cm³/mol. The number of amides is 1. The van der Waals surface area contributed by atoms with Gasteiger partial charge >= 0.3 is 0 Å². The van der Waals surface area contributed by atoms with Crippen molar-refractivity contribution in [1.29, 1.82) is 0 Å². The summed E-state index contributed by atoms with van der Waals surface area (Å²) in [4.78, 5) is 26.3. The first-order valence-corrected chi connectivity index (χ1v) is 5.65. The quantitative estimate of drug-likeness (QED) is 0.845. The topological polar surface area (TPSA) is 66.9 Å². The molecule has 0 atom stereocenters. The molecule has 0 spiro atoms. The first-order chi connectivity index (χ1) is 8.58. The number of H-pyrrole nitrogens is 1. The molecule has 0 unspecified atom stereocenters. The summed E-state index contributed by atoms with van der Waals surface area (Å²) in [5.41, 5.74) is 1.58. The normalized spacial score (nSPS) is 10.3. The highest BCUT2D eigenvalue weighted by atomic mass is 16.2. The fraction of sp³-hybridized carbons (Fsp3) is 0.231. The molecule has 0 aromatic carbocycles. The van der Waals surface area contributed by atoms with Crippen molar-refractivity contribution >= 4 is 5.91 Å². The molecule has 0 fully saturated rings. The van der Waals surface area contributed by atoms with E-state index in [2.05, 4.69) is 10.3 Å². The molecule has 5 heteroatoms. The van der Waals surface area contributed by atoms with Gasteiger partial charge in [-0.15, -0.1) is 0 Å². The van der Waals surface area contributed by atoms with Crippen LogP contribution < -0.4 is 10.7 Å². The van der Waals surface area contributed by atoms with E-state index in [1.54, 1.807) is 6.92 Å². The molecule has 0 aliphatic rings. The van der Waals surface area contributed by atoms with Gasteiger partial charge in [-0.3, -0.25) is 9.59 Å². The number of aryl methyl sites for hydroxylation is 2. The summed E-state index contributed by atoms with van der Waals surface area (Å²) in [5, 5.41) is 2.72. The summed E-state index contributed by atoms with van der Waals surface area (Å²) in [6, 6.07) is 5.23. The highest BCUT2D eigenvalue weighted by Crippen LogP contribution is 1.99. The third-order valence-corrected chi connectivity index (χ3v) is 2.78. The van der Waals surface area contributed by atoms with Crippen LogP contribution in [0.4, 0.5) is 0 Å². The van der Waals surface area contributed by atoms with Gasteiger partial charge in [0.15, 0.2) is 5.43 Å². The molecule has 2 rings (SSSR count). The highest BCUT2D eigenvalue weighted by molar-refractivity contribution is 5.93. The minimum atomic E-state index is -0.363. The average molecular weight is 245 g/mol. The summed E-state index contributed by atoms with van der Waals surface area (Å²) in [6.45, 7) is 2.17. The summed E-state index contributed by atoms with van der Waals surface area (Å²) in [5.74, 6) is -0.363. The van der Waals surface area contributed by atoms with Crippen molar-refractivity contribution < 1.29 is 4.79 Å². The Morgan fingerprint density at radius 1 is 1.50 bits per heavy atom. The van der Waals surface area contributed by atoms with Crippen LogP contribution in [0.1, 0.15) is 21.7 Å². The third-order valence-electron chi connectivity index (χ3n) is 2.78. The second-order valence-electron chi connectivity index (χ2n) is 4.19. The van der Waals surface area contributed by atoms with Gasteiger partial charge < -0.3 is 14.9 Å². The van der Waals surface area contributed by atoms with Crippen LogP contribution in [0, 0.1) is 6.92 Å².